The molecule has 2 aliphatic rings. The van der Waals surface area contributed by atoms with E-state index < -0.39 is 28.8 Å². The highest BCUT2D eigenvalue weighted by Gasteiger charge is 2.47. The van der Waals surface area contributed by atoms with E-state index in [9.17, 15) is 9.18 Å². The average molecular weight is 488 g/mol. The van der Waals surface area contributed by atoms with E-state index in [0.29, 0.717) is 6.54 Å². The summed E-state index contributed by atoms with van der Waals surface area (Å²) in [6.45, 7) is 2.78. The highest BCUT2D eigenvalue weighted by Crippen LogP contribution is 2.44. The van der Waals surface area contributed by atoms with Crippen molar-refractivity contribution in [1.29, 1.82) is 0 Å². The Balaban J connectivity index is 1.72. The summed E-state index contributed by atoms with van der Waals surface area (Å²) in [6.07, 6.45) is 3.38. The Morgan fingerprint density at radius 2 is 2.00 bits per heavy atom. The fraction of sp³-hybridized carbons (Fsp3) is 0.292. The van der Waals surface area contributed by atoms with Crippen LogP contribution >= 0.6 is 11.6 Å². The summed E-state index contributed by atoms with van der Waals surface area (Å²) in [7, 11) is 0. The maximum absolute atomic E-state index is 16.0. The summed E-state index contributed by atoms with van der Waals surface area (Å²) in [6, 6.07) is 6.96. The molecule has 2 N–H and O–H groups in total. The molecule has 2 aliphatic heterocycles. The van der Waals surface area contributed by atoms with Crippen LogP contribution in [0.1, 0.15) is 34.8 Å². The highest BCUT2D eigenvalue weighted by atomic mass is 35.5. The van der Waals surface area contributed by atoms with Gasteiger partial charge in [0, 0.05) is 48.1 Å². The molecule has 1 saturated heterocycles. The molecule has 0 radical (unpaired) electrons. The van der Waals surface area contributed by atoms with Crippen LogP contribution in [0.4, 0.5) is 24.8 Å². The number of amides is 1. The summed E-state index contributed by atoms with van der Waals surface area (Å²) < 4.78 is 46.0. The van der Waals surface area contributed by atoms with Crippen LogP contribution in [0.25, 0.3) is 0 Å². The summed E-state index contributed by atoms with van der Waals surface area (Å²) in [5.74, 6) is -3.14. The van der Waals surface area contributed by atoms with Crippen molar-refractivity contribution in [2.24, 2.45) is 0 Å². The van der Waals surface area contributed by atoms with Crippen LogP contribution in [0, 0.1) is 17.5 Å². The number of nitrogens with one attached hydrogen (secondary N) is 2. The molecule has 0 saturated carbocycles. The van der Waals surface area contributed by atoms with Gasteiger partial charge in [-0.2, -0.15) is 0 Å². The number of carbonyl (C=O) groups excluding carboxylic acids is 1. The molecule has 2 atom stereocenters. The summed E-state index contributed by atoms with van der Waals surface area (Å²) in [5, 5.41) is 6.12. The third kappa shape index (κ3) is 3.59. The van der Waals surface area contributed by atoms with Crippen LogP contribution in [-0.2, 0) is 5.41 Å². The average Bonchev–Trinajstić information content (AvgIpc) is 3.33. The number of carbonyl (C=O) groups is 1. The van der Waals surface area contributed by atoms with Crippen molar-refractivity contribution in [3.63, 3.8) is 0 Å². The van der Waals surface area contributed by atoms with Crippen LogP contribution in [0.15, 0.2) is 42.7 Å². The van der Waals surface area contributed by atoms with E-state index in [0.717, 1.165) is 17.9 Å². The van der Waals surface area contributed by atoms with Crippen molar-refractivity contribution in [3.05, 3.63) is 81.9 Å². The van der Waals surface area contributed by atoms with Crippen molar-refractivity contribution >= 4 is 29.1 Å². The van der Waals surface area contributed by atoms with Crippen LogP contribution in [0.3, 0.4) is 0 Å². The quantitative estimate of drug-likeness (QED) is 0.574. The van der Waals surface area contributed by atoms with Gasteiger partial charge >= 0.3 is 0 Å². The predicted molar refractivity (Wildman–Crippen MR) is 123 cm³/mol. The Hall–Kier alpha value is -3.17. The molecule has 34 heavy (non-hydrogen) atoms. The topological polar surface area (TPSA) is 70.2 Å². The number of anilines is 2. The van der Waals surface area contributed by atoms with Gasteiger partial charge in [-0.3, -0.25) is 9.69 Å². The molecule has 2 aromatic heterocycles. The first kappa shape index (κ1) is 22.6. The normalized spacial score (nSPS) is 22.1. The molecule has 0 bridgehead atoms. The van der Waals surface area contributed by atoms with E-state index in [2.05, 4.69) is 20.6 Å². The molecule has 1 amide bonds. The third-order valence-electron chi connectivity index (χ3n) is 6.46. The number of hydrogen-bond donors (Lipinski definition) is 2. The van der Waals surface area contributed by atoms with Crippen molar-refractivity contribution < 1.29 is 18.0 Å². The smallest absolute Gasteiger partial charge is 0.261 e. The number of aromatic nitrogens is 2. The molecular formula is C24H21ClF3N5O. The molecule has 6 nitrogen and oxygen atoms in total. The van der Waals surface area contributed by atoms with E-state index in [1.165, 1.54) is 36.7 Å². The number of nitrogens with zero attached hydrogens (tertiary/aromatic N) is 3. The van der Waals surface area contributed by atoms with Gasteiger partial charge in [-0.1, -0.05) is 23.7 Å². The molecule has 5 rings (SSSR count). The molecule has 1 unspecified atom stereocenters. The van der Waals surface area contributed by atoms with Gasteiger partial charge in [0.25, 0.3) is 5.91 Å². The first-order valence-electron chi connectivity index (χ1n) is 10.8. The zero-order valence-corrected chi connectivity index (χ0v) is 19.0. The van der Waals surface area contributed by atoms with E-state index in [1.807, 2.05) is 0 Å². The van der Waals surface area contributed by atoms with Crippen LogP contribution in [-0.4, -0.2) is 41.6 Å². The minimum atomic E-state index is -1.42. The maximum atomic E-state index is 16.0. The summed E-state index contributed by atoms with van der Waals surface area (Å²) in [5.41, 5.74) is -1.45. The van der Waals surface area contributed by atoms with E-state index in [1.54, 1.807) is 13.0 Å². The molecule has 1 aromatic carbocycles. The number of rotatable bonds is 4. The predicted octanol–water partition coefficient (Wildman–Crippen LogP) is 4.29. The Bertz CT molecular complexity index is 1280. The third-order valence-corrected chi connectivity index (χ3v) is 6.76. The van der Waals surface area contributed by atoms with E-state index >= 15 is 8.78 Å². The van der Waals surface area contributed by atoms with Crippen LogP contribution in [0.2, 0.25) is 5.02 Å². The SMILES string of the molecule is CC1(c2cccc(Cl)c2F)CN(c2ncccc2F)C(=O)c2cnc(N[C@@H]3CCNC3)c(F)c21. The Kier molecular flexibility index (Phi) is 5.69. The standard InChI is InChI=1S/C24H21ClF3N5O/c1-24(15-4-2-5-16(25)19(15)27)12-33(22-17(26)6-3-8-30-22)23(34)14-11-31-21(20(28)18(14)24)32-13-7-9-29-10-13/h2-6,8,11,13,29H,7,9-10,12H2,1H3,(H,31,32)/t13-,24?/m1/s1. The summed E-state index contributed by atoms with van der Waals surface area (Å²) >= 11 is 6.06. The highest BCUT2D eigenvalue weighted by molar-refractivity contribution is 6.30. The van der Waals surface area contributed by atoms with Gasteiger partial charge in [0.1, 0.15) is 5.82 Å². The lowest BCUT2D eigenvalue weighted by molar-refractivity contribution is 0.0966. The van der Waals surface area contributed by atoms with Gasteiger partial charge in [0.05, 0.1) is 10.6 Å². The molecule has 4 heterocycles. The lowest BCUT2D eigenvalue weighted by atomic mass is 9.71. The first-order chi connectivity index (χ1) is 16.3. The van der Waals surface area contributed by atoms with Crippen LogP contribution < -0.4 is 15.5 Å². The van der Waals surface area contributed by atoms with Gasteiger partial charge in [-0.25, -0.2) is 23.1 Å². The minimum absolute atomic E-state index is 0.0188. The fourth-order valence-corrected chi connectivity index (χ4v) is 4.94. The Morgan fingerprint density at radius 1 is 1.18 bits per heavy atom. The lowest BCUT2D eigenvalue weighted by Gasteiger charge is -2.42. The van der Waals surface area contributed by atoms with Gasteiger partial charge in [0.2, 0.25) is 0 Å². The molecule has 10 heteroatoms. The molecular weight excluding hydrogens is 467 g/mol. The van der Waals surface area contributed by atoms with E-state index in [-0.39, 0.29) is 45.9 Å². The molecule has 176 valence electrons. The fourth-order valence-electron chi connectivity index (χ4n) is 4.77. The zero-order chi connectivity index (χ0) is 24.0. The number of hydrogen-bond acceptors (Lipinski definition) is 5. The lowest BCUT2D eigenvalue weighted by Crippen LogP contribution is -2.50. The van der Waals surface area contributed by atoms with Crippen molar-refractivity contribution in [2.75, 3.05) is 29.9 Å². The minimum Gasteiger partial charge on any atom is -0.364 e. The van der Waals surface area contributed by atoms with Gasteiger partial charge in [0.15, 0.2) is 23.3 Å². The second-order valence-corrected chi connectivity index (χ2v) is 9.08. The largest absolute Gasteiger partial charge is 0.364 e. The second kappa shape index (κ2) is 8.56. The van der Waals surface area contributed by atoms with Gasteiger partial charge < -0.3 is 10.6 Å². The van der Waals surface area contributed by atoms with Gasteiger partial charge in [-0.15, -0.1) is 0 Å². The second-order valence-electron chi connectivity index (χ2n) is 8.68. The number of halogens is 4. The van der Waals surface area contributed by atoms with Crippen molar-refractivity contribution in [3.8, 4) is 0 Å². The van der Waals surface area contributed by atoms with E-state index in [4.69, 9.17) is 11.6 Å². The summed E-state index contributed by atoms with van der Waals surface area (Å²) in [4.78, 5) is 22.7. The van der Waals surface area contributed by atoms with Crippen molar-refractivity contribution in [1.82, 2.24) is 15.3 Å². The Labute approximate surface area is 199 Å². The molecule has 3 aromatic rings. The van der Waals surface area contributed by atoms with Gasteiger partial charge in [-0.05, 0) is 38.1 Å². The number of pyridine rings is 2. The van der Waals surface area contributed by atoms with Crippen molar-refractivity contribution in [2.45, 2.75) is 24.8 Å². The zero-order valence-electron chi connectivity index (χ0n) is 18.2. The molecule has 0 spiro atoms. The molecule has 1 fully saturated rings. The number of benzene rings is 1. The first-order valence-corrected chi connectivity index (χ1v) is 11.2. The Morgan fingerprint density at radius 3 is 2.74 bits per heavy atom. The number of fused-ring (bicyclic) bond motifs is 1. The van der Waals surface area contributed by atoms with Crippen LogP contribution in [0.5, 0.6) is 0 Å². The maximum Gasteiger partial charge on any atom is 0.261 e. The molecule has 0 aliphatic carbocycles. The monoisotopic (exact) mass is 487 g/mol.